The third-order valence-corrected chi connectivity index (χ3v) is 2.55. The van der Waals surface area contributed by atoms with Crippen LogP contribution in [0.2, 0.25) is 0 Å². The van der Waals surface area contributed by atoms with Crippen molar-refractivity contribution in [3.63, 3.8) is 0 Å². The molecule has 0 spiro atoms. The number of nitrogens with two attached hydrogens (primary N) is 1. The van der Waals surface area contributed by atoms with Crippen molar-refractivity contribution in [2.75, 3.05) is 13.6 Å². The monoisotopic (exact) mass is 201 g/mol. The Kier molecular flexibility index (Phi) is 5.53. The van der Waals surface area contributed by atoms with Crippen LogP contribution in [0.15, 0.2) is 0 Å². The zero-order valence-corrected chi connectivity index (χ0v) is 9.68. The van der Waals surface area contributed by atoms with Crippen molar-refractivity contribution in [1.82, 2.24) is 10.6 Å². The molecule has 0 rings (SSSR count). The molecule has 0 aromatic carbocycles. The maximum absolute atomic E-state index is 10.7. The van der Waals surface area contributed by atoms with Crippen molar-refractivity contribution in [1.29, 1.82) is 0 Å². The molecule has 84 valence electrons. The molecule has 4 heteroatoms. The van der Waals surface area contributed by atoms with E-state index in [1.54, 1.807) is 0 Å². The fraction of sp³-hybridized carbons (Fsp3) is 0.900. The fourth-order valence-electron chi connectivity index (χ4n) is 1.43. The summed E-state index contributed by atoms with van der Waals surface area (Å²) < 4.78 is 0. The summed E-state index contributed by atoms with van der Waals surface area (Å²) in [6, 6.07) is -0.329. The molecule has 0 aliphatic carbocycles. The van der Waals surface area contributed by atoms with Gasteiger partial charge in [-0.05, 0) is 18.9 Å². The van der Waals surface area contributed by atoms with Crippen LogP contribution in [0.4, 0.5) is 4.79 Å². The Balaban J connectivity index is 4.14. The minimum Gasteiger partial charge on any atom is -0.352 e. The molecular formula is C10H23N3O. The predicted molar refractivity (Wildman–Crippen MR) is 59.1 cm³/mol. The highest BCUT2D eigenvalue weighted by Gasteiger charge is 2.21. The lowest BCUT2D eigenvalue weighted by atomic mass is 9.83. The first-order valence-electron chi connectivity index (χ1n) is 5.12. The summed E-state index contributed by atoms with van der Waals surface area (Å²) in [5, 5.41) is 5.80. The molecule has 0 unspecified atom stereocenters. The van der Waals surface area contributed by atoms with Crippen LogP contribution >= 0.6 is 0 Å². The fourth-order valence-corrected chi connectivity index (χ4v) is 1.43. The van der Waals surface area contributed by atoms with Gasteiger partial charge in [0.1, 0.15) is 0 Å². The molecule has 0 fully saturated rings. The van der Waals surface area contributed by atoms with Gasteiger partial charge < -0.3 is 16.4 Å². The first-order valence-corrected chi connectivity index (χ1v) is 5.12. The van der Waals surface area contributed by atoms with E-state index >= 15 is 0 Å². The van der Waals surface area contributed by atoms with Crippen LogP contribution in [0, 0.1) is 5.41 Å². The zero-order chi connectivity index (χ0) is 11.2. The van der Waals surface area contributed by atoms with Crippen molar-refractivity contribution in [3.8, 4) is 0 Å². The number of hydrogen-bond donors (Lipinski definition) is 3. The van der Waals surface area contributed by atoms with Crippen LogP contribution in [0.5, 0.6) is 0 Å². The molecule has 0 aliphatic heterocycles. The standard InChI is InChI=1S/C10H23N3O/c1-5-10(2,3)6-8(7-12-4)13-9(11)14/h8,12H,5-7H2,1-4H3,(H3,11,13,14)/t8-/m0/s1. The van der Waals surface area contributed by atoms with Gasteiger partial charge in [0.05, 0.1) is 0 Å². The maximum atomic E-state index is 10.7. The van der Waals surface area contributed by atoms with Gasteiger partial charge >= 0.3 is 6.03 Å². The number of carbonyl (C=O) groups excluding carboxylic acids is 1. The van der Waals surface area contributed by atoms with E-state index in [2.05, 4.69) is 31.4 Å². The Labute approximate surface area is 86.6 Å². The van der Waals surface area contributed by atoms with Crippen LogP contribution < -0.4 is 16.4 Å². The quantitative estimate of drug-likeness (QED) is 0.601. The van der Waals surface area contributed by atoms with Gasteiger partial charge in [-0.15, -0.1) is 0 Å². The molecule has 14 heavy (non-hydrogen) atoms. The molecule has 0 saturated carbocycles. The first kappa shape index (κ1) is 13.2. The highest BCUT2D eigenvalue weighted by atomic mass is 16.2. The topological polar surface area (TPSA) is 67.2 Å². The number of primary amides is 1. The molecule has 4 nitrogen and oxygen atoms in total. The molecule has 1 atom stereocenters. The number of carbonyl (C=O) groups is 1. The highest BCUT2D eigenvalue weighted by molar-refractivity contribution is 5.71. The second-order valence-electron chi connectivity index (χ2n) is 4.49. The third-order valence-electron chi connectivity index (χ3n) is 2.55. The molecule has 0 bridgehead atoms. The maximum Gasteiger partial charge on any atom is 0.312 e. The van der Waals surface area contributed by atoms with E-state index in [1.807, 2.05) is 7.05 Å². The first-order chi connectivity index (χ1) is 6.41. The van der Waals surface area contributed by atoms with Crippen LogP contribution in [0.1, 0.15) is 33.6 Å². The van der Waals surface area contributed by atoms with E-state index in [-0.39, 0.29) is 11.5 Å². The smallest absolute Gasteiger partial charge is 0.312 e. The molecule has 0 heterocycles. The van der Waals surface area contributed by atoms with Crippen LogP contribution in [-0.2, 0) is 0 Å². The summed E-state index contributed by atoms with van der Waals surface area (Å²) in [6.07, 6.45) is 2.03. The Morgan fingerprint density at radius 2 is 2.07 bits per heavy atom. The van der Waals surface area contributed by atoms with Gasteiger partial charge in [-0.25, -0.2) is 4.79 Å². The molecular weight excluding hydrogens is 178 g/mol. The lowest BCUT2D eigenvalue weighted by molar-refractivity contribution is 0.232. The average molecular weight is 201 g/mol. The van der Waals surface area contributed by atoms with E-state index in [4.69, 9.17) is 5.73 Å². The van der Waals surface area contributed by atoms with Gasteiger partial charge in [0.2, 0.25) is 0 Å². The summed E-state index contributed by atoms with van der Waals surface area (Å²) >= 11 is 0. The van der Waals surface area contributed by atoms with Crippen molar-refractivity contribution in [3.05, 3.63) is 0 Å². The van der Waals surface area contributed by atoms with Crippen molar-refractivity contribution >= 4 is 6.03 Å². The number of urea groups is 1. The molecule has 0 aromatic heterocycles. The summed E-state index contributed by atoms with van der Waals surface area (Å²) in [6.45, 7) is 7.30. The van der Waals surface area contributed by atoms with Crippen LogP contribution in [0.3, 0.4) is 0 Å². The number of amides is 2. The Morgan fingerprint density at radius 3 is 2.43 bits per heavy atom. The highest BCUT2D eigenvalue weighted by Crippen LogP contribution is 2.25. The second kappa shape index (κ2) is 5.86. The normalized spacial score (nSPS) is 13.7. The lowest BCUT2D eigenvalue weighted by Gasteiger charge is -2.28. The average Bonchev–Trinajstić information content (AvgIpc) is 2.03. The third kappa shape index (κ3) is 5.80. The molecule has 0 aliphatic rings. The van der Waals surface area contributed by atoms with E-state index in [9.17, 15) is 4.79 Å². The summed E-state index contributed by atoms with van der Waals surface area (Å²) in [4.78, 5) is 10.7. The molecule has 0 aromatic rings. The predicted octanol–water partition coefficient (Wildman–Crippen LogP) is 1.07. The number of rotatable bonds is 6. The van der Waals surface area contributed by atoms with E-state index in [1.165, 1.54) is 0 Å². The molecule has 4 N–H and O–H groups in total. The number of nitrogens with one attached hydrogen (secondary N) is 2. The van der Waals surface area contributed by atoms with Crippen LogP contribution in [-0.4, -0.2) is 25.7 Å². The molecule has 0 saturated heterocycles. The van der Waals surface area contributed by atoms with Crippen molar-refractivity contribution in [2.45, 2.75) is 39.7 Å². The van der Waals surface area contributed by atoms with E-state index < -0.39 is 6.03 Å². The van der Waals surface area contributed by atoms with E-state index in [0.717, 1.165) is 19.4 Å². The number of hydrogen-bond acceptors (Lipinski definition) is 2. The van der Waals surface area contributed by atoms with Crippen LogP contribution in [0.25, 0.3) is 0 Å². The minimum absolute atomic E-state index is 0.118. The molecule has 0 radical (unpaired) electrons. The largest absolute Gasteiger partial charge is 0.352 e. The summed E-state index contributed by atoms with van der Waals surface area (Å²) in [7, 11) is 1.87. The van der Waals surface area contributed by atoms with Crippen molar-refractivity contribution in [2.24, 2.45) is 11.1 Å². The SMILES string of the molecule is CCC(C)(C)C[C@@H](CNC)NC(N)=O. The molecule has 2 amide bonds. The number of likely N-dealkylation sites (N-methyl/N-ethyl adjacent to an activating group) is 1. The summed E-state index contributed by atoms with van der Waals surface area (Å²) in [5.41, 5.74) is 5.35. The summed E-state index contributed by atoms with van der Waals surface area (Å²) in [5.74, 6) is 0. The van der Waals surface area contributed by atoms with Gasteiger partial charge in [-0.1, -0.05) is 27.2 Å². The Hall–Kier alpha value is -0.770. The minimum atomic E-state index is -0.447. The van der Waals surface area contributed by atoms with Gasteiger partial charge in [0.15, 0.2) is 0 Å². The van der Waals surface area contributed by atoms with Gasteiger partial charge in [0.25, 0.3) is 0 Å². The Bertz CT molecular complexity index is 180. The van der Waals surface area contributed by atoms with Gasteiger partial charge in [-0.3, -0.25) is 0 Å². The van der Waals surface area contributed by atoms with Gasteiger partial charge in [-0.2, -0.15) is 0 Å². The zero-order valence-electron chi connectivity index (χ0n) is 9.68. The van der Waals surface area contributed by atoms with Crippen molar-refractivity contribution < 1.29 is 4.79 Å². The lowest BCUT2D eigenvalue weighted by Crippen LogP contribution is -2.45. The second-order valence-corrected chi connectivity index (χ2v) is 4.49. The van der Waals surface area contributed by atoms with E-state index in [0.29, 0.717) is 0 Å². The Morgan fingerprint density at radius 1 is 1.50 bits per heavy atom. The van der Waals surface area contributed by atoms with Gasteiger partial charge in [0, 0.05) is 12.6 Å².